The molecule has 0 aliphatic heterocycles. The predicted molar refractivity (Wildman–Crippen MR) is 88.0 cm³/mol. The maximum absolute atomic E-state index is 12.8. The Labute approximate surface area is 128 Å². The maximum Gasteiger partial charge on any atom is 0.195 e. The molecule has 0 heterocycles. The fourth-order valence-electron chi connectivity index (χ4n) is 2.53. The van der Waals surface area contributed by atoms with E-state index in [9.17, 15) is 4.79 Å². The highest BCUT2D eigenvalue weighted by atomic mass is 35.5. The molecule has 0 saturated heterocycles. The molecule has 0 bridgehead atoms. The Morgan fingerprint density at radius 1 is 0.952 bits per heavy atom. The minimum atomic E-state index is -0.0830. The van der Waals surface area contributed by atoms with Crippen molar-refractivity contribution in [1.82, 2.24) is 0 Å². The van der Waals surface area contributed by atoms with Crippen LogP contribution in [0.1, 0.15) is 21.5 Å². The van der Waals surface area contributed by atoms with Gasteiger partial charge in [-0.25, -0.2) is 0 Å². The molecule has 0 spiro atoms. The highest BCUT2D eigenvalue weighted by Crippen LogP contribution is 2.27. The van der Waals surface area contributed by atoms with Crippen molar-refractivity contribution in [3.8, 4) is 0 Å². The summed E-state index contributed by atoms with van der Waals surface area (Å²) in [5, 5.41) is 2.55. The van der Waals surface area contributed by atoms with Crippen molar-refractivity contribution in [2.75, 3.05) is 5.73 Å². The van der Waals surface area contributed by atoms with Crippen LogP contribution in [0.4, 0.5) is 5.69 Å². The number of carbonyl (C=O) groups is 1. The third kappa shape index (κ3) is 2.39. The highest BCUT2D eigenvalue weighted by Gasteiger charge is 2.15. The van der Waals surface area contributed by atoms with Crippen molar-refractivity contribution >= 4 is 33.8 Å². The molecule has 3 rings (SSSR count). The zero-order valence-corrected chi connectivity index (χ0v) is 12.3. The summed E-state index contributed by atoms with van der Waals surface area (Å²) in [6.07, 6.45) is 0. The normalized spacial score (nSPS) is 10.8. The molecule has 0 amide bonds. The van der Waals surface area contributed by atoms with E-state index in [0.29, 0.717) is 21.8 Å². The van der Waals surface area contributed by atoms with Gasteiger partial charge in [-0.2, -0.15) is 0 Å². The number of hydrogen-bond donors (Lipinski definition) is 1. The van der Waals surface area contributed by atoms with Gasteiger partial charge in [-0.3, -0.25) is 4.79 Å². The van der Waals surface area contributed by atoms with Gasteiger partial charge in [0, 0.05) is 21.8 Å². The zero-order valence-electron chi connectivity index (χ0n) is 11.6. The topological polar surface area (TPSA) is 43.1 Å². The van der Waals surface area contributed by atoms with Gasteiger partial charge in [0.05, 0.1) is 0 Å². The Kier molecular flexibility index (Phi) is 3.40. The van der Waals surface area contributed by atoms with Gasteiger partial charge >= 0.3 is 0 Å². The van der Waals surface area contributed by atoms with Gasteiger partial charge in [-0.1, -0.05) is 48.0 Å². The maximum atomic E-state index is 12.8. The average Bonchev–Trinajstić information content (AvgIpc) is 2.47. The van der Waals surface area contributed by atoms with Crippen LogP contribution in [0.5, 0.6) is 0 Å². The van der Waals surface area contributed by atoms with Crippen molar-refractivity contribution in [2.24, 2.45) is 0 Å². The summed E-state index contributed by atoms with van der Waals surface area (Å²) in [5.41, 5.74) is 8.61. The number of fused-ring (bicyclic) bond motifs is 1. The lowest BCUT2D eigenvalue weighted by molar-refractivity contribution is 0.104. The molecule has 21 heavy (non-hydrogen) atoms. The lowest BCUT2D eigenvalue weighted by atomic mass is 9.94. The van der Waals surface area contributed by atoms with E-state index >= 15 is 0 Å². The van der Waals surface area contributed by atoms with Gasteiger partial charge < -0.3 is 5.73 Å². The van der Waals surface area contributed by atoms with Crippen molar-refractivity contribution < 1.29 is 4.79 Å². The zero-order chi connectivity index (χ0) is 15.0. The second-order valence-electron chi connectivity index (χ2n) is 5.04. The minimum Gasteiger partial charge on any atom is -0.398 e. The summed E-state index contributed by atoms with van der Waals surface area (Å²) < 4.78 is 0. The van der Waals surface area contributed by atoms with E-state index in [1.165, 1.54) is 0 Å². The predicted octanol–water partition coefficient (Wildman–Crippen LogP) is 4.61. The van der Waals surface area contributed by atoms with E-state index in [1.54, 1.807) is 18.2 Å². The molecule has 104 valence electrons. The average molecular weight is 296 g/mol. The second kappa shape index (κ2) is 5.23. The molecular formula is C18H14ClNO. The number of rotatable bonds is 2. The fourth-order valence-corrected chi connectivity index (χ4v) is 2.71. The van der Waals surface area contributed by atoms with Crippen molar-refractivity contribution in [1.29, 1.82) is 0 Å². The lowest BCUT2D eigenvalue weighted by Gasteiger charge is -2.10. The molecule has 2 N–H and O–H groups in total. The van der Waals surface area contributed by atoms with E-state index in [-0.39, 0.29) is 5.78 Å². The number of nitrogen functional groups attached to an aromatic ring is 1. The first-order valence-electron chi connectivity index (χ1n) is 6.66. The molecule has 0 fully saturated rings. The van der Waals surface area contributed by atoms with E-state index in [4.69, 9.17) is 17.3 Å². The molecule has 0 aliphatic carbocycles. The van der Waals surface area contributed by atoms with Crippen LogP contribution in [-0.2, 0) is 0 Å². The summed E-state index contributed by atoms with van der Waals surface area (Å²) >= 11 is 5.89. The largest absolute Gasteiger partial charge is 0.398 e. The number of nitrogens with two attached hydrogens (primary N) is 1. The Morgan fingerprint density at radius 3 is 2.33 bits per heavy atom. The van der Waals surface area contributed by atoms with E-state index in [1.807, 2.05) is 43.3 Å². The summed E-state index contributed by atoms with van der Waals surface area (Å²) in [6, 6.07) is 16.7. The molecule has 0 radical (unpaired) electrons. The molecule has 0 aromatic heterocycles. The molecule has 0 saturated carbocycles. The third-order valence-corrected chi connectivity index (χ3v) is 3.88. The van der Waals surface area contributed by atoms with Crippen LogP contribution in [0.2, 0.25) is 5.02 Å². The first kappa shape index (κ1) is 13.7. The molecule has 0 atom stereocenters. The van der Waals surface area contributed by atoms with Gasteiger partial charge in [0.15, 0.2) is 5.78 Å². The molecular weight excluding hydrogens is 282 g/mol. The summed E-state index contributed by atoms with van der Waals surface area (Å²) in [7, 11) is 0. The minimum absolute atomic E-state index is 0.0830. The number of ketones is 1. The van der Waals surface area contributed by atoms with Crippen LogP contribution < -0.4 is 5.73 Å². The van der Waals surface area contributed by atoms with Crippen LogP contribution in [0.15, 0.2) is 54.6 Å². The Morgan fingerprint density at radius 2 is 1.62 bits per heavy atom. The van der Waals surface area contributed by atoms with Gasteiger partial charge in [-0.15, -0.1) is 0 Å². The van der Waals surface area contributed by atoms with Crippen LogP contribution in [0.25, 0.3) is 10.8 Å². The Hall–Kier alpha value is -2.32. The Balaban J connectivity index is 2.21. The molecule has 0 aliphatic rings. The molecule has 3 aromatic carbocycles. The van der Waals surface area contributed by atoms with E-state index in [2.05, 4.69) is 0 Å². The molecule has 3 aromatic rings. The summed E-state index contributed by atoms with van der Waals surface area (Å²) in [4.78, 5) is 12.8. The van der Waals surface area contributed by atoms with Crippen LogP contribution >= 0.6 is 11.6 Å². The fraction of sp³-hybridized carbons (Fsp3) is 0.0556. The highest BCUT2D eigenvalue weighted by molar-refractivity contribution is 6.31. The van der Waals surface area contributed by atoms with Crippen molar-refractivity contribution in [3.63, 3.8) is 0 Å². The van der Waals surface area contributed by atoms with Crippen LogP contribution in [0.3, 0.4) is 0 Å². The number of carbonyl (C=O) groups excluding carboxylic acids is 1. The van der Waals surface area contributed by atoms with Gasteiger partial charge in [0.25, 0.3) is 0 Å². The molecule has 3 heteroatoms. The van der Waals surface area contributed by atoms with E-state index in [0.717, 1.165) is 16.3 Å². The monoisotopic (exact) mass is 295 g/mol. The number of aryl methyl sites for hydroxylation is 1. The first-order valence-corrected chi connectivity index (χ1v) is 7.04. The number of benzene rings is 3. The number of halogens is 1. The van der Waals surface area contributed by atoms with E-state index < -0.39 is 0 Å². The van der Waals surface area contributed by atoms with Gasteiger partial charge in [0.2, 0.25) is 0 Å². The lowest BCUT2D eigenvalue weighted by Crippen LogP contribution is -2.06. The first-order chi connectivity index (χ1) is 10.1. The second-order valence-corrected chi connectivity index (χ2v) is 5.47. The summed E-state index contributed by atoms with van der Waals surface area (Å²) in [5.74, 6) is -0.0830. The third-order valence-electron chi connectivity index (χ3n) is 3.64. The molecule has 2 nitrogen and oxygen atoms in total. The van der Waals surface area contributed by atoms with Gasteiger partial charge in [0.1, 0.15) is 0 Å². The smallest absolute Gasteiger partial charge is 0.195 e. The van der Waals surface area contributed by atoms with Crippen molar-refractivity contribution in [2.45, 2.75) is 6.92 Å². The number of anilines is 1. The quantitative estimate of drug-likeness (QED) is 0.554. The standard InChI is InChI=1S/C18H14ClNO/c1-11-6-8-15(14-5-3-2-4-13(11)14)18(21)16-9-7-12(19)10-17(16)20/h2-10H,20H2,1H3. The Bertz CT molecular complexity index is 855. The SMILES string of the molecule is Cc1ccc(C(=O)c2ccc(Cl)cc2N)c2ccccc12. The summed E-state index contributed by atoms with van der Waals surface area (Å²) in [6.45, 7) is 2.03. The number of hydrogen-bond acceptors (Lipinski definition) is 2. The van der Waals surface area contributed by atoms with Crippen molar-refractivity contribution in [3.05, 3.63) is 76.3 Å². The van der Waals surface area contributed by atoms with Crippen LogP contribution in [-0.4, -0.2) is 5.78 Å². The van der Waals surface area contributed by atoms with Crippen LogP contribution in [0, 0.1) is 6.92 Å². The van der Waals surface area contributed by atoms with Gasteiger partial charge in [-0.05, 0) is 41.5 Å². The molecule has 0 unspecified atom stereocenters.